The maximum Gasteiger partial charge on any atom is 0.106 e. The number of unbranched alkanes of at least 4 members (excludes halogenated alkanes) is 12. The second-order valence-electron chi connectivity index (χ2n) is 7.87. The summed E-state index contributed by atoms with van der Waals surface area (Å²) in [4.78, 5) is 6.54. The summed E-state index contributed by atoms with van der Waals surface area (Å²) in [6.07, 6.45) is 26.5. The SMILES string of the molecule is CCCCCCCCCC/C=C/CCCCCCC1N=CCN1C(C)O. The van der Waals surface area contributed by atoms with Crippen molar-refractivity contribution in [2.24, 2.45) is 4.99 Å². The van der Waals surface area contributed by atoms with E-state index in [1.54, 1.807) is 0 Å². The van der Waals surface area contributed by atoms with E-state index in [1.807, 2.05) is 13.1 Å². The smallest absolute Gasteiger partial charge is 0.106 e. The summed E-state index contributed by atoms with van der Waals surface area (Å²) < 4.78 is 0. The van der Waals surface area contributed by atoms with E-state index in [4.69, 9.17) is 0 Å². The van der Waals surface area contributed by atoms with Crippen LogP contribution in [0.25, 0.3) is 0 Å². The number of nitrogens with zero attached hydrogens (tertiary/aromatic N) is 2. The molecule has 0 saturated carbocycles. The number of aliphatic imine (C=N–C) groups is 1. The van der Waals surface area contributed by atoms with Gasteiger partial charge in [-0.3, -0.25) is 9.89 Å². The van der Waals surface area contributed by atoms with Crippen LogP contribution in [0, 0.1) is 0 Å². The van der Waals surface area contributed by atoms with E-state index in [-0.39, 0.29) is 12.4 Å². The van der Waals surface area contributed by atoms with Crippen LogP contribution >= 0.6 is 0 Å². The maximum absolute atomic E-state index is 9.70. The van der Waals surface area contributed by atoms with Gasteiger partial charge in [0, 0.05) is 12.8 Å². The average Bonchev–Trinajstić information content (AvgIpc) is 3.10. The summed E-state index contributed by atoms with van der Waals surface area (Å²) in [5.74, 6) is 0. The van der Waals surface area contributed by atoms with Gasteiger partial charge < -0.3 is 5.11 Å². The normalized spacial score (nSPS) is 19.0. The topological polar surface area (TPSA) is 35.8 Å². The van der Waals surface area contributed by atoms with Crippen molar-refractivity contribution in [3.8, 4) is 0 Å². The lowest BCUT2D eigenvalue weighted by Crippen LogP contribution is -2.37. The van der Waals surface area contributed by atoms with Gasteiger partial charge in [0.1, 0.15) is 12.4 Å². The number of aliphatic hydroxyl groups is 1. The van der Waals surface area contributed by atoms with Gasteiger partial charge >= 0.3 is 0 Å². The molecule has 0 amide bonds. The van der Waals surface area contributed by atoms with Gasteiger partial charge in [-0.05, 0) is 45.4 Å². The summed E-state index contributed by atoms with van der Waals surface area (Å²) in [6, 6.07) is 0. The second-order valence-corrected chi connectivity index (χ2v) is 7.87. The Morgan fingerprint density at radius 2 is 1.46 bits per heavy atom. The number of allylic oxidation sites excluding steroid dienone is 2. The van der Waals surface area contributed by atoms with Crippen molar-refractivity contribution in [1.82, 2.24) is 4.90 Å². The molecule has 0 radical (unpaired) electrons. The predicted molar refractivity (Wildman–Crippen MR) is 115 cm³/mol. The Labute approximate surface area is 163 Å². The molecule has 152 valence electrons. The molecule has 0 spiro atoms. The van der Waals surface area contributed by atoms with Crippen molar-refractivity contribution in [2.45, 2.75) is 123 Å². The third kappa shape index (κ3) is 11.9. The molecular weight excluding hydrogens is 320 g/mol. The van der Waals surface area contributed by atoms with Gasteiger partial charge in [-0.15, -0.1) is 0 Å². The Morgan fingerprint density at radius 1 is 0.923 bits per heavy atom. The Balaban J connectivity index is 1.81. The molecule has 1 rings (SSSR count). The molecule has 0 aliphatic carbocycles. The third-order valence-electron chi connectivity index (χ3n) is 5.41. The molecule has 0 aromatic heterocycles. The summed E-state index contributed by atoms with van der Waals surface area (Å²) in [6.45, 7) is 4.91. The molecule has 0 aromatic carbocycles. The fraction of sp³-hybridized carbons (Fsp3) is 0.870. The number of rotatable bonds is 17. The van der Waals surface area contributed by atoms with Crippen LogP contribution in [-0.2, 0) is 0 Å². The van der Waals surface area contributed by atoms with E-state index in [2.05, 4.69) is 29.0 Å². The van der Waals surface area contributed by atoms with Gasteiger partial charge in [0.15, 0.2) is 0 Å². The Kier molecular flexibility index (Phi) is 14.8. The Hall–Kier alpha value is -0.670. The largest absolute Gasteiger partial charge is 0.379 e. The lowest BCUT2D eigenvalue weighted by atomic mass is 10.1. The van der Waals surface area contributed by atoms with E-state index in [0.29, 0.717) is 0 Å². The molecule has 1 aliphatic heterocycles. The minimum atomic E-state index is -0.381. The average molecular weight is 365 g/mol. The van der Waals surface area contributed by atoms with Crippen molar-refractivity contribution in [1.29, 1.82) is 0 Å². The van der Waals surface area contributed by atoms with E-state index in [0.717, 1.165) is 13.0 Å². The lowest BCUT2D eigenvalue weighted by molar-refractivity contribution is 0.00710. The summed E-state index contributed by atoms with van der Waals surface area (Å²) >= 11 is 0. The molecule has 0 saturated heterocycles. The standard InChI is InChI=1S/C23H44N2O/c1-3-4-5-6-7-8-9-10-11-12-13-14-15-16-17-18-19-23-24-20-21-25(23)22(2)26/h12-13,20,22-23,26H,3-11,14-19,21H2,1-2H3/b13-12+. The molecular formula is C23H44N2O. The zero-order chi connectivity index (χ0) is 18.9. The molecule has 0 fully saturated rings. The van der Waals surface area contributed by atoms with Crippen molar-refractivity contribution >= 4 is 6.21 Å². The molecule has 2 atom stereocenters. The summed E-state index contributed by atoms with van der Waals surface area (Å²) in [5, 5.41) is 9.70. The quantitative estimate of drug-likeness (QED) is 0.237. The van der Waals surface area contributed by atoms with Crippen molar-refractivity contribution < 1.29 is 5.11 Å². The first kappa shape index (κ1) is 23.4. The summed E-state index contributed by atoms with van der Waals surface area (Å²) in [5.41, 5.74) is 0. The Morgan fingerprint density at radius 3 is 2.04 bits per heavy atom. The van der Waals surface area contributed by atoms with Crippen LogP contribution in [0.1, 0.15) is 110 Å². The fourth-order valence-electron chi connectivity index (χ4n) is 3.69. The fourth-order valence-corrected chi connectivity index (χ4v) is 3.69. The van der Waals surface area contributed by atoms with Gasteiger partial charge in [0.25, 0.3) is 0 Å². The molecule has 3 heteroatoms. The molecule has 26 heavy (non-hydrogen) atoms. The number of aliphatic hydroxyl groups excluding tert-OH is 1. The highest BCUT2D eigenvalue weighted by Crippen LogP contribution is 2.17. The molecule has 2 unspecified atom stereocenters. The van der Waals surface area contributed by atoms with Crippen LogP contribution in [0.3, 0.4) is 0 Å². The molecule has 1 N–H and O–H groups in total. The molecule has 1 heterocycles. The highest BCUT2D eigenvalue weighted by atomic mass is 16.3. The first-order valence-electron chi connectivity index (χ1n) is 11.4. The highest BCUT2D eigenvalue weighted by Gasteiger charge is 2.23. The van der Waals surface area contributed by atoms with Gasteiger partial charge in [-0.2, -0.15) is 0 Å². The van der Waals surface area contributed by atoms with Crippen molar-refractivity contribution in [2.75, 3.05) is 6.54 Å². The Bertz CT molecular complexity index is 365. The number of hydrogen-bond acceptors (Lipinski definition) is 3. The van der Waals surface area contributed by atoms with E-state index in [1.165, 1.54) is 89.9 Å². The highest BCUT2D eigenvalue weighted by molar-refractivity contribution is 5.62. The van der Waals surface area contributed by atoms with Crippen LogP contribution in [0.2, 0.25) is 0 Å². The van der Waals surface area contributed by atoms with Crippen LogP contribution in [0.5, 0.6) is 0 Å². The molecule has 3 nitrogen and oxygen atoms in total. The van der Waals surface area contributed by atoms with Crippen LogP contribution in [0.4, 0.5) is 0 Å². The zero-order valence-corrected chi connectivity index (χ0v) is 17.5. The van der Waals surface area contributed by atoms with Crippen LogP contribution in [0.15, 0.2) is 17.1 Å². The van der Waals surface area contributed by atoms with Crippen LogP contribution < -0.4 is 0 Å². The first-order chi connectivity index (χ1) is 12.8. The van der Waals surface area contributed by atoms with Crippen molar-refractivity contribution in [3.63, 3.8) is 0 Å². The first-order valence-corrected chi connectivity index (χ1v) is 11.4. The maximum atomic E-state index is 9.70. The second kappa shape index (κ2) is 16.5. The van der Waals surface area contributed by atoms with Crippen molar-refractivity contribution in [3.05, 3.63) is 12.2 Å². The van der Waals surface area contributed by atoms with Crippen LogP contribution in [-0.4, -0.2) is 35.2 Å². The summed E-state index contributed by atoms with van der Waals surface area (Å²) in [7, 11) is 0. The molecule has 0 aromatic rings. The van der Waals surface area contributed by atoms with Gasteiger partial charge in [0.05, 0.1) is 0 Å². The lowest BCUT2D eigenvalue weighted by Gasteiger charge is -2.25. The number of hydrogen-bond donors (Lipinski definition) is 1. The third-order valence-corrected chi connectivity index (χ3v) is 5.41. The monoisotopic (exact) mass is 364 g/mol. The molecule has 0 bridgehead atoms. The van der Waals surface area contributed by atoms with E-state index < -0.39 is 0 Å². The minimum absolute atomic E-state index is 0.210. The van der Waals surface area contributed by atoms with Gasteiger partial charge in [-0.25, -0.2) is 0 Å². The zero-order valence-electron chi connectivity index (χ0n) is 17.5. The van der Waals surface area contributed by atoms with E-state index in [9.17, 15) is 5.11 Å². The van der Waals surface area contributed by atoms with E-state index >= 15 is 0 Å². The van der Waals surface area contributed by atoms with Gasteiger partial charge in [0.2, 0.25) is 0 Å². The predicted octanol–water partition coefficient (Wildman–Crippen LogP) is 6.46. The minimum Gasteiger partial charge on any atom is -0.379 e. The molecule has 1 aliphatic rings. The van der Waals surface area contributed by atoms with Gasteiger partial charge in [-0.1, -0.05) is 76.9 Å².